The van der Waals surface area contributed by atoms with Crippen molar-refractivity contribution in [3.05, 3.63) is 35.4 Å². The number of amides is 2. The maximum absolute atomic E-state index is 11.8. The van der Waals surface area contributed by atoms with Crippen molar-refractivity contribution in [2.75, 3.05) is 6.54 Å². The van der Waals surface area contributed by atoms with Gasteiger partial charge in [0.25, 0.3) is 5.91 Å². The second kappa shape index (κ2) is 7.11. The van der Waals surface area contributed by atoms with Crippen LogP contribution in [0.4, 0.5) is 4.79 Å². The monoisotopic (exact) mass is 290 g/mol. The van der Waals surface area contributed by atoms with E-state index in [1.807, 2.05) is 13.8 Å². The quantitative estimate of drug-likeness (QED) is 0.845. The highest BCUT2D eigenvalue weighted by molar-refractivity contribution is 5.94. The Kier molecular flexibility index (Phi) is 5.20. The van der Waals surface area contributed by atoms with Crippen LogP contribution in [0.25, 0.3) is 0 Å². The molecule has 0 bridgehead atoms. The van der Waals surface area contributed by atoms with E-state index in [-0.39, 0.29) is 12.5 Å². The van der Waals surface area contributed by atoms with Crippen LogP contribution in [0.2, 0.25) is 0 Å². The number of carbonyl (C=O) groups excluding carboxylic acids is 2. The fourth-order valence-corrected chi connectivity index (χ4v) is 1.74. The predicted molar refractivity (Wildman–Crippen MR) is 80.0 cm³/mol. The molecule has 114 valence electrons. The van der Waals surface area contributed by atoms with Crippen molar-refractivity contribution in [2.24, 2.45) is 5.92 Å². The molecule has 1 aliphatic rings. The number of rotatable bonds is 6. The first-order valence-corrected chi connectivity index (χ1v) is 7.35. The molecular weight excluding hydrogens is 268 g/mol. The first kappa shape index (κ1) is 15.4. The summed E-state index contributed by atoms with van der Waals surface area (Å²) in [7, 11) is 0. The molecule has 2 rings (SSSR count). The number of hydrogen-bond donors (Lipinski definition) is 2. The maximum atomic E-state index is 11.8. The van der Waals surface area contributed by atoms with Gasteiger partial charge in [-0.3, -0.25) is 4.79 Å². The zero-order chi connectivity index (χ0) is 15.2. The molecular formula is C16H22N2O3. The smallest absolute Gasteiger partial charge is 0.407 e. The molecule has 5 nitrogen and oxygen atoms in total. The first-order valence-electron chi connectivity index (χ1n) is 7.35. The lowest BCUT2D eigenvalue weighted by Gasteiger charge is -2.09. The Hall–Kier alpha value is -2.04. The SMILES string of the molecule is CC(C)CNC(=O)OCc1ccc(C(=O)NC2CC2)cc1. The molecule has 0 aliphatic heterocycles. The molecule has 1 aromatic carbocycles. The fourth-order valence-electron chi connectivity index (χ4n) is 1.74. The van der Waals surface area contributed by atoms with Gasteiger partial charge in [0, 0.05) is 18.2 Å². The van der Waals surface area contributed by atoms with Gasteiger partial charge in [0.2, 0.25) is 0 Å². The molecule has 0 saturated heterocycles. The Morgan fingerprint density at radius 3 is 2.48 bits per heavy atom. The Morgan fingerprint density at radius 1 is 1.24 bits per heavy atom. The fraction of sp³-hybridized carbons (Fsp3) is 0.500. The zero-order valence-corrected chi connectivity index (χ0v) is 12.5. The minimum atomic E-state index is -0.417. The summed E-state index contributed by atoms with van der Waals surface area (Å²) in [6, 6.07) is 7.46. The highest BCUT2D eigenvalue weighted by atomic mass is 16.5. The molecule has 1 saturated carbocycles. The summed E-state index contributed by atoms with van der Waals surface area (Å²) >= 11 is 0. The lowest BCUT2D eigenvalue weighted by atomic mass is 10.1. The van der Waals surface area contributed by atoms with E-state index in [1.165, 1.54) is 0 Å². The lowest BCUT2D eigenvalue weighted by Crippen LogP contribution is -2.27. The molecule has 1 aromatic rings. The van der Waals surface area contributed by atoms with Crippen molar-refractivity contribution in [2.45, 2.75) is 39.3 Å². The lowest BCUT2D eigenvalue weighted by molar-refractivity contribution is 0.0950. The van der Waals surface area contributed by atoms with E-state index in [0.29, 0.717) is 24.1 Å². The molecule has 2 amide bonds. The summed E-state index contributed by atoms with van der Waals surface area (Å²) in [5, 5.41) is 5.62. The number of alkyl carbamates (subject to hydrolysis) is 1. The summed E-state index contributed by atoms with van der Waals surface area (Å²) < 4.78 is 5.10. The van der Waals surface area contributed by atoms with Gasteiger partial charge >= 0.3 is 6.09 Å². The molecule has 5 heteroatoms. The van der Waals surface area contributed by atoms with Crippen LogP contribution in [0, 0.1) is 5.92 Å². The summed E-state index contributed by atoms with van der Waals surface area (Å²) in [5.41, 5.74) is 1.49. The topological polar surface area (TPSA) is 67.4 Å². The van der Waals surface area contributed by atoms with Crippen LogP contribution in [0.1, 0.15) is 42.6 Å². The highest BCUT2D eigenvalue weighted by Crippen LogP contribution is 2.19. The van der Waals surface area contributed by atoms with Crippen molar-refractivity contribution >= 4 is 12.0 Å². The van der Waals surface area contributed by atoms with E-state index < -0.39 is 6.09 Å². The maximum Gasteiger partial charge on any atom is 0.407 e. The third-order valence-corrected chi connectivity index (χ3v) is 3.15. The Labute approximate surface area is 125 Å². The summed E-state index contributed by atoms with van der Waals surface area (Å²) in [6.45, 7) is 4.84. The summed E-state index contributed by atoms with van der Waals surface area (Å²) in [6.07, 6.45) is 1.73. The highest BCUT2D eigenvalue weighted by Gasteiger charge is 2.23. The van der Waals surface area contributed by atoms with Gasteiger partial charge in [-0.1, -0.05) is 26.0 Å². The number of hydrogen-bond acceptors (Lipinski definition) is 3. The number of ether oxygens (including phenoxy) is 1. The average molecular weight is 290 g/mol. The van der Waals surface area contributed by atoms with E-state index in [9.17, 15) is 9.59 Å². The normalized spacial score (nSPS) is 13.9. The standard InChI is InChI=1S/C16H22N2O3/c1-11(2)9-17-16(20)21-10-12-3-5-13(6-4-12)15(19)18-14-7-8-14/h3-6,11,14H,7-10H2,1-2H3,(H,17,20)(H,18,19). The number of carbonyl (C=O) groups is 2. The first-order chi connectivity index (χ1) is 10.0. The van der Waals surface area contributed by atoms with E-state index in [2.05, 4.69) is 10.6 Å². The second-order valence-corrected chi connectivity index (χ2v) is 5.80. The van der Waals surface area contributed by atoms with Gasteiger partial charge < -0.3 is 15.4 Å². The molecule has 1 aliphatic carbocycles. The Bertz CT molecular complexity index is 493. The molecule has 0 heterocycles. The van der Waals surface area contributed by atoms with Gasteiger partial charge in [-0.2, -0.15) is 0 Å². The van der Waals surface area contributed by atoms with E-state index >= 15 is 0 Å². The van der Waals surface area contributed by atoms with Gasteiger partial charge in [-0.05, 0) is 36.5 Å². The van der Waals surface area contributed by atoms with Crippen molar-refractivity contribution in [1.82, 2.24) is 10.6 Å². The van der Waals surface area contributed by atoms with E-state index in [1.54, 1.807) is 24.3 Å². The van der Waals surface area contributed by atoms with Gasteiger partial charge in [0.15, 0.2) is 0 Å². The third-order valence-electron chi connectivity index (χ3n) is 3.15. The van der Waals surface area contributed by atoms with Gasteiger partial charge in [0.1, 0.15) is 6.61 Å². The molecule has 1 fully saturated rings. The van der Waals surface area contributed by atoms with E-state index in [4.69, 9.17) is 4.74 Å². The van der Waals surface area contributed by atoms with Crippen LogP contribution in [-0.2, 0) is 11.3 Å². The Balaban J connectivity index is 1.76. The summed E-state index contributed by atoms with van der Waals surface area (Å²) in [5.74, 6) is 0.349. The van der Waals surface area contributed by atoms with Crippen LogP contribution in [0.15, 0.2) is 24.3 Å². The molecule has 0 radical (unpaired) electrons. The predicted octanol–water partition coefficient (Wildman–Crippen LogP) is 2.46. The van der Waals surface area contributed by atoms with Crippen molar-refractivity contribution in [1.29, 1.82) is 0 Å². The van der Waals surface area contributed by atoms with Gasteiger partial charge in [0.05, 0.1) is 0 Å². The van der Waals surface area contributed by atoms with E-state index in [0.717, 1.165) is 18.4 Å². The molecule has 0 aromatic heterocycles. The van der Waals surface area contributed by atoms with Crippen LogP contribution in [0.3, 0.4) is 0 Å². The average Bonchev–Trinajstić information content (AvgIpc) is 3.27. The van der Waals surface area contributed by atoms with Gasteiger partial charge in [-0.15, -0.1) is 0 Å². The number of benzene rings is 1. The minimum absolute atomic E-state index is 0.0420. The third kappa shape index (κ3) is 5.45. The molecule has 21 heavy (non-hydrogen) atoms. The summed E-state index contributed by atoms with van der Waals surface area (Å²) in [4.78, 5) is 23.2. The van der Waals surface area contributed by atoms with Crippen LogP contribution in [0.5, 0.6) is 0 Å². The molecule has 0 atom stereocenters. The largest absolute Gasteiger partial charge is 0.445 e. The van der Waals surface area contributed by atoms with Gasteiger partial charge in [-0.25, -0.2) is 4.79 Å². The Morgan fingerprint density at radius 2 is 1.90 bits per heavy atom. The van der Waals surface area contributed by atoms with Crippen molar-refractivity contribution < 1.29 is 14.3 Å². The zero-order valence-electron chi connectivity index (χ0n) is 12.5. The second-order valence-electron chi connectivity index (χ2n) is 5.80. The molecule has 0 spiro atoms. The van der Waals surface area contributed by atoms with Crippen LogP contribution >= 0.6 is 0 Å². The van der Waals surface area contributed by atoms with Crippen LogP contribution < -0.4 is 10.6 Å². The van der Waals surface area contributed by atoms with Crippen molar-refractivity contribution in [3.8, 4) is 0 Å². The molecule has 0 unspecified atom stereocenters. The minimum Gasteiger partial charge on any atom is -0.445 e. The number of nitrogens with one attached hydrogen (secondary N) is 2. The van der Waals surface area contributed by atoms with Crippen molar-refractivity contribution in [3.63, 3.8) is 0 Å². The molecule has 2 N–H and O–H groups in total. The van der Waals surface area contributed by atoms with Crippen LogP contribution in [-0.4, -0.2) is 24.6 Å².